The van der Waals surface area contributed by atoms with Gasteiger partial charge in [-0.1, -0.05) is 30.5 Å². The zero-order valence-corrected chi connectivity index (χ0v) is 16.7. The van der Waals surface area contributed by atoms with E-state index in [2.05, 4.69) is 15.1 Å². The molecular weight excluding hydrogens is 380 g/mol. The molecular formula is C20H27ClN4O3. The standard InChI is InChI=1S/C20H27ClN4O3/c21-15-4-3-5-16(12-15)24-10-8-23(9-11-24)13-17(26)14-25-18(27)20(22-19(25)28)6-1-2-7-20/h3-5,12,17,26H,1-2,6-11,13-14H2,(H,22,28)/t17-/m1/s1. The number of anilines is 1. The fraction of sp³-hybridized carbons (Fsp3) is 0.600. The molecule has 2 N–H and O–H groups in total. The number of halogens is 1. The molecule has 1 aliphatic carbocycles. The Morgan fingerprint density at radius 3 is 2.50 bits per heavy atom. The third kappa shape index (κ3) is 3.83. The van der Waals surface area contributed by atoms with E-state index in [1.165, 1.54) is 4.90 Å². The summed E-state index contributed by atoms with van der Waals surface area (Å²) < 4.78 is 0. The van der Waals surface area contributed by atoms with Crippen molar-refractivity contribution in [2.45, 2.75) is 37.3 Å². The average Bonchev–Trinajstić information content (AvgIpc) is 3.23. The molecule has 4 rings (SSSR count). The molecule has 1 aromatic carbocycles. The summed E-state index contributed by atoms with van der Waals surface area (Å²) in [4.78, 5) is 30.6. The summed E-state index contributed by atoms with van der Waals surface area (Å²) in [6.45, 7) is 3.83. The Bertz CT molecular complexity index is 745. The highest BCUT2D eigenvalue weighted by molar-refractivity contribution is 6.30. The van der Waals surface area contributed by atoms with E-state index < -0.39 is 11.6 Å². The number of imide groups is 1. The van der Waals surface area contributed by atoms with E-state index in [1.54, 1.807) is 0 Å². The Morgan fingerprint density at radius 1 is 1.11 bits per heavy atom. The van der Waals surface area contributed by atoms with Gasteiger partial charge in [0.2, 0.25) is 0 Å². The highest BCUT2D eigenvalue weighted by Crippen LogP contribution is 2.35. The summed E-state index contributed by atoms with van der Waals surface area (Å²) in [7, 11) is 0. The maximum Gasteiger partial charge on any atom is 0.325 e. The van der Waals surface area contributed by atoms with Crippen molar-refractivity contribution in [1.29, 1.82) is 0 Å². The summed E-state index contributed by atoms with van der Waals surface area (Å²) in [6.07, 6.45) is 2.58. The van der Waals surface area contributed by atoms with Crippen LogP contribution in [0, 0.1) is 0 Å². The minimum Gasteiger partial charge on any atom is -0.390 e. The monoisotopic (exact) mass is 406 g/mol. The lowest BCUT2D eigenvalue weighted by atomic mass is 9.98. The van der Waals surface area contributed by atoms with E-state index in [0.717, 1.165) is 49.7 Å². The maximum atomic E-state index is 12.7. The topological polar surface area (TPSA) is 76.1 Å². The van der Waals surface area contributed by atoms with Crippen molar-refractivity contribution in [3.8, 4) is 0 Å². The van der Waals surface area contributed by atoms with Crippen LogP contribution in [0.25, 0.3) is 0 Å². The summed E-state index contributed by atoms with van der Waals surface area (Å²) >= 11 is 6.08. The van der Waals surface area contributed by atoms with Crippen molar-refractivity contribution in [3.63, 3.8) is 0 Å². The molecule has 28 heavy (non-hydrogen) atoms. The molecule has 1 spiro atoms. The third-order valence-electron chi connectivity index (χ3n) is 6.11. The molecule has 0 radical (unpaired) electrons. The zero-order valence-electron chi connectivity index (χ0n) is 15.9. The molecule has 3 amide bonds. The lowest BCUT2D eigenvalue weighted by Gasteiger charge is -2.37. The van der Waals surface area contributed by atoms with Crippen molar-refractivity contribution >= 4 is 29.2 Å². The molecule has 152 valence electrons. The number of carbonyl (C=O) groups is 2. The van der Waals surface area contributed by atoms with Crippen molar-refractivity contribution in [2.75, 3.05) is 44.2 Å². The highest BCUT2D eigenvalue weighted by Gasteiger charge is 2.52. The van der Waals surface area contributed by atoms with Crippen LogP contribution in [0.5, 0.6) is 0 Å². The van der Waals surface area contributed by atoms with E-state index in [1.807, 2.05) is 24.3 Å². The van der Waals surface area contributed by atoms with Crippen LogP contribution in [0.1, 0.15) is 25.7 Å². The number of piperazine rings is 1. The number of rotatable bonds is 5. The predicted octanol–water partition coefficient (Wildman–Crippen LogP) is 1.69. The van der Waals surface area contributed by atoms with Crippen molar-refractivity contribution < 1.29 is 14.7 Å². The lowest BCUT2D eigenvalue weighted by molar-refractivity contribution is -0.132. The Morgan fingerprint density at radius 2 is 1.82 bits per heavy atom. The summed E-state index contributed by atoms with van der Waals surface area (Å²) in [6, 6.07) is 7.46. The number of nitrogens with zero attached hydrogens (tertiary/aromatic N) is 3. The van der Waals surface area contributed by atoms with Gasteiger partial charge in [0, 0.05) is 43.4 Å². The van der Waals surface area contributed by atoms with Gasteiger partial charge in [0.1, 0.15) is 5.54 Å². The first kappa shape index (κ1) is 19.5. The molecule has 3 fully saturated rings. The number of benzene rings is 1. The van der Waals surface area contributed by atoms with E-state index in [4.69, 9.17) is 11.6 Å². The number of β-amino-alcohol motifs (C(OH)–C–C–N with tert-alkyl or cyclic N) is 1. The number of urea groups is 1. The minimum atomic E-state index is -0.746. The Labute approximate surface area is 170 Å². The fourth-order valence-corrected chi connectivity index (χ4v) is 4.77. The molecule has 1 aromatic rings. The molecule has 0 aromatic heterocycles. The molecule has 3 aliphatic rings. The van der Waals surface area contributed by atoms with Crippen LogP contribution >= 0.6 is 11.6 Å². The second-order valence-corrected chi connectivity index (χ2v) is 8.49. The van der Waals surface area contributed by atoms with Crippen LogP contribution in [0.4, 0.5) is 10.5 Å². The van der Waals surface area contributed by atoms with Gasteiger partial charge in [-0.15, -0.1) is 0 Å². The van der Waals surface area contributed by atoms with Gasteiger partial charge >= 0.3 is 6.03 Å². The summed E-state index contributed by atoms with van der Waals surface area (Å²) in [5.74, 6) is -0.167. The lowest BCUT2D eigenvalue weighted by Crippen LogP contribution is -2.51. The number of nitrogens with one attached hydrogen (secondary N) is 1. The van der Waals surface area contributed by atoms with Gasteiger partial charge in [-0.3, -0.25) is 14.6 Å². The van der Waals surface area contributed by atoms with Crippen molar-refractivity contribution in [3.05, 3.63) is 29.3 Å². The second kappa shape index (κ2) is 7.89. The van der Waals surface area contributed by atoms with Gasteiger partial charge in [0.05, 0.1) is 12.6 Å². The van der Waals surface area contributed by atoms with Gasteiger partial charge in [0.15, 0.2) is 0 Å². The van der Waals surface area contributed by atoms with Gasteiger partial charge in [-0.2, -0.15) is 0 Å². The van der Waals surface area contributed by atoms with Gasteiger partial charge in [-0.05, 0) is 31.0 Å². The smallest absolute Gasteiger partial charge is 0.325 e. The normalized spacial score (nSPS) is 23.5. The van der Waals surface area contributed by atoms with Crippen molar-refractivity contribution in [2.24, 2.45) is 0 Å². The van der Waals surface area contributed by atoms with E-state index >= 15 is 0 Å². The zero-order chi connectivity index (χ0) is 19.7. The number of amides is 3. The SMILES string of the molecule is O=C1NC2(CCCC2)C(=O)N1C[C@H](O)CN1CCN(c2cccc(Cl)c2)CC1. The number of hydrogen-bond donors (Lipinski definition) is 2. The maximum absolute atomic E-state index is 12.7. The summed E-state index contributed by atoms with van der Waals surface area (Å²) in [5, 5.41) is 14.1. The molecule has 2 aliphatic heterocycles. The Kier molecular flexibility index (Phi) is 5.49. The van der Waals surface area contributed by atoms with E-state index in [9.17, 15) is 14.7 Å². The Balaban J connectivity index is 1.27. The van der Waals surface area contributed by atoms with Crippen LogP contribution < -0.4 is 10.2 Å². The molecule has 8 heteroatoms. The molecule has 0 bridgehead atoms. The highest BCUT2D eigenvalue weighted by atomic mass is 35.5. The molecule has 7 nitrogen and oxygen atoms in total. The average molecular weight is 407 g/mol. The van der Waals surface area contributed by atoms with Crippen LogP contribution in [-0.2, 0) is 4.79 Å². The number of aliphatic hydroxyl groups excluding tert-OH is 1. The number of aliphatic hydroxyl groups is 1. The minimum absolute atomic E-state index is 0.0565. The van der Waals surface area contributed by atoms with Crippen LogP contribution in [0.3, 0.4) is 0 Å². The molecule has 2 heterocycles. The first-order chi connectivity index (χ1) is 13.5. The van der Waals surface area contributed by atoms with Crippen LogP contribution in [0.15, 0.2) is 24.3 Å². The fourth-order valence-electron chi connectivity index (χ4n) is 4.59. The van der Waals surface area contributed by atoms with Crippen molar-refractivity contribution in [1.82, 2.24) is 15.1 Å². The van der Waals surface area contributed by atoms with Crippen LogP contribution in [0.2, 0.25) is 5.02 Å². The quantitative estimate of drug-likeness (QED) is 0.728. The molecule has 1 saturated carbocycles. The van der Waals surface area contributed by atoms with Crippen LogP contribution in [-0.4, -0.2) is 77.8 Å². The summed E-state index contributed by atoms with van der Waals surface area (Å²) in [5.41, 5.74) is 0.397. The van der Waals surface area contributed by atoms with Gasteiger partial charge in [0.25, 0.3) is 5.91 Å². The molecule has 2 saturated heterocycles. The molecule has 1 atom stereocenters. The number of hydrogen-bond acceptors (Lipinski definition) is 5. The van der Waals surface area contributed by atoms with Gasteiger partial charge < -0.3 is 15.3 Å². The first-order valence-corrected chi connectivity index (χ1v) is 10.4. The second-order valence-electron chi connectivity index (χ2n) is 8.06. The third-order valence-corrected chi connectivity index (χ3v) is 6.35. The predicted molar refractivity (Wildman–Crippen MR) is 108 cm³/mol. The van der Waals surface area contributed by atoms with E-state index in [0.29, 0.717) is 19.4 Å². The largest absolute Gasteiger partial charge is 0.390 e. The Hall–Kier alpha value is -1.83. The van der Waals surface area contributed by atoms with E-state index in [-0.39, 0.29) is 18.5 Å². The molecule has 0 unspecified atom stereocenters. The van der Waals surface area contributed by atoms with Gasteiger partial charge in [-0.25, -0.2) is 4.79 Å². The number of carbonyl (C=O) groups excluding carboxylic acids is 2. The first-order valence-electron chi connectivity index (χ1n) is 10.0.